The van der Waals surface area contributed by atoms with E-state index >= 15 is 0 Å². The van der Waals surface area contributed by atoms with Crippen LogP contribution in [0, 0.1) is 13.8 Å². The summed E-state index contributed by atoms with van der Waals surface area (Å²) in [5.74, 6) is -0.663. The van der Waals surface area contributed by atoms with Crippen molar-refractivity contribution in [2.45, 2.75) is 26.6 Å². The molecule has 12 heteroatoms. The zero-order chi connectivity index (χ0) is 25.6. The van der Waals surface area contributed by atoms with Gasteiger partial charge in [-0.25, -0.2) is 9.50 Å². The second-order valence-corrected chi connectivity index (χ2v) is 9.47. The van der Waals surface area contributed by atoms with Gasteiger partial charge in [0, 0.05) is 11.1 Å². The molecule has 0 aliphatic carbocycles. The standard InChI is InChI=1S/C24H18ClF3N6OS/c1-13-22(14(2)33(31-13)12-15-5-7-16(25)8-6-15)30-23(35)18-11-21-29-17(19-4-3-9-36-19)10-20(24(26,27)28)34(21)32-18/h3-11H,12H2,1-2H3,(H,30,35). The molecular weight excluding hydrogens is 513 g/mol. The molecule has 0 aliphatic heterocycles. The molecule has 0 atom stereocenters. The van der Waals surface area contributed by atoms with Crippen LogP contribution in [0.5, 0.6) is 0 Å². The van der Waals surface area contributed by atoms with Crippen LogP contribution in [0.3, 0.4) is 0 Å². The van der Waals surface area contributed by atoms with Crippen molar-refractivity contribution >= 4 is 40.2 Å². The van der Waals surface area contributed by atoms with E-state index in [-0.39, 0.29) is 17.0 Å². The summed E-state index contributed by atoms with van der Waals surface area (Å²) in [4.78, 5) is 17.9. The van der Waals surface area contributed by atoms with Crippen LogP contribution in [0.2, 0.25) is 5.02 Å². The van der Waals surface area contributed by atoms with Crippen LogP contribution in [0.25, 0.3) is 16.2 Å². The first-order valence-electron chi connectivity index (χ1n) is 10.7. The second kappa shape index (κ2) is 9.07. The Morgan fingerprint density at radius 2 is 1.86 bits per heavy atom. The molecule has 4 heterocycles. The Labute approximate surface area is 212 Å². The zero-order valence-electron chi connectivity index (χ0n) is 19.0. The van der Waals surface area contributed by atoms with Gasteiger partial charge in [-0.2, -0.15) is 23.4 Å². The van der Waals surface area contributed by atoms with E-state index < -0.39 is 17.8 Å². The summed E-state index contributed by atoms with van der Waals surface area (Å²) in [6, 6.07) is 12.9. The van der Waals surface area contributed by atoms with Crippen LogP contribution in [0.15, 0.2) is 53.9 Å². The third-order valence-corrected chi connectivity index (χ3v) is 6.73. The van der Waals surface area contributed by atoms with Crippen molar-refractivity contribution in [2.75, 3.05) is 5.32 Å². The molecule has 1 amide bonds. The van der Waals surface area contributed by atoms with Crippen molar-refractivity contribution in [3.05, 3.63) is 87.3 Å². The third-order valence-electron chi connectivity index (χ3n) is 5.59. The third kappa shape index (κ3) is 4.59. The maximum absolute atomic E-state index is 13.8. The fraction of sp³-hybridized carbons (Fsp3) is 0.167. The number of carbonyl (C=O) groups excluding carboxylic acids is 1. The molecule has 0 fully saturated rings. The second-order valence-electron chi connectivity index (χ2n) is 8.09. The Hall–Kier alpha value is -3.70. The van der Waals surface area contributed by atoms with E-state index in [4.69, 9.17) is 11.6 Å². The summed E-state index contributed by atoms with van der Waals surface area (Å²) in [5, 5.41) is 13.5. The number of thiophene rings is 1. The number of amides is 1. The Kier molecular flexibility index (Phi) is 6.05. The predicted molar refractivity (Wildman–Crippen MR) is 132 cm³/mol. The molecule has 36 heavy (non-hydrogen) atoms. The number of fused-ring (bicyclic) bond motifs is 1. The number of aromatic nitrogens is 5. The van der Waals surface area contributed by atoms with E-state index in [0.29, 0.717) is 38.0 Å². The van der Waals surface area contributed by atoms with Gasteiger partial charge in [0.2, 0.25) is 0 Å². The van der Waals surface area contributed by atoms with Crippen molar-refractivity contribution in [1.82, 2.24) is 24.4 Å². The summed E-state index contributed by atoms with van der Waals surface area (Å²) in [7, 11) is 0. The number of hydrogen-bond acceptors (Lipinski definition) is 5. The minimum Gasteiger partial charge on any atom is -0.317 e. The van der Waals surface area contributed by atoms with E-state index in [0.717, 1.165) is 11.6 Å². The van der Waals surface area contributed by atoms with Gasteiger partial charge in [0.15, 0.2) is 17.0 Å². The van der Waals surface area contributed by atoms with Gasteiger partial charge in [-0.3, -0.25) is 9.48 Å². The number of alkyl halides is 3. The number of anilines is 1. The Bertz CT molecular complexity index is 1570. The first kappa shape index (κ1) is 24.0. The molecule has 184 valence electrons. The molecule has 0 spiro atoms. The molecule has 0 unspecified atom stereocenters. The molecule has 7 nitrogen and oxygen atoms in total. The van der Waals surface area contributed by atoms with E-state index in [9.17, 15) is 18.0 Å². The highest BCUT2D eigenvalue weighted by Gasteiger charge is 2.36. The number of halogens is 4. The Balaban J connectivity index is 1.46. The van der Waals surface area contributed by atoms with Crippen molar-refractivity contribution in [3.63, 3.8) is 0 Å². The van der Waals surface area contributed by atoms with Crippen molar-refractivity contribution in [3.8, 4) is 10.6 Å². The number of carbonyl (C=O) groups is 1. The molecule has 4 aromatic heterocycles. The maximum atomic E-state index is 13.8. The minimum atomic E-state index is -4.69. The molecule has 0 aliphatic rings. The summed E-state index contributed by atoms with van der Waals surface area (Å²) in [6.45, 7) is 3.99. The fourth-order valence-corrected chi connectivity index (χ4v) is 4.62. The average molecular weight is 531 g/mol. The number of nitrogens with one attached hydrogen (secondary N) is 1. The van der Waals surface area contributed by atoms with Gasteiger partial charge in [-0.1, -0.05) is 29.8 Å². The first-order valence-corrected chi connectivity index (χ1v) is 12.0. The van der Waals surface area contributed by atoms with Gasteiger partial charge >= 0.3 is 6.18 Å². The van der Waals surface area contributed by atoms with Crippen molar-refractivity contribution < 1.29 is 18.0 Å². The van der Waals surface area contributed by atoms with Crippen LogP contribution < -0.4 is 5.32 Å². The predicted octanol–water partition coefficient (Wildman–Crippen LogP) is 6.24. The SMILES string of the molecule is Cc1nn(Cc2ccc(Cl)cc2)c(C)c1NC(=O)c1cc2nc(-c3cccs3)cc(C(F)(F)F)n2n1. The van der Waals surface area contributed by atoms with Gasteiger partial charge in [-0.05, 0) is 49.1 Å². The van der Waals surface area contributed by atoms with Crippen LogP contribution in [-0.2, 0) is 12.7 Å². The smallest absolute Gasteiger partial charge is 0.317 e. The van der Waals surface area contributed by atoms with Gasteiger partial charge in [0.25, 0.3) is 5.91 Å². The van der Waals surface area contributed by atoms with Crippen molar-refractivity contribution in [2.24, 2.45) is 0 Å². The van der Waals surface area contributed by atoms with Gasteiger partial charge in [-0.15, -0.1) is 11.3 Å². The maximum Gasteiger partial charge on any atom is 0.433 e. The van der Waals surface area contributed by atoms with Crippen molar-refractivity contribution in [1.29, 1.82) is 0 Å². The summed E-state index contributed by atoms with van der Waals surface area (Å²) < 4.78 is 43.8. The van der Waals surface area contributed by atoms with Gasteiger partial charge < -0.3 is 5.32 Å². The molecule has 0 saturated heterocycles. The van der Waals surface area contributed by atoms with Crippen LogP contribution in [-0.4, -0.2) is 30.3 Å². The van der Waals surface area contributed by atoms with E-state index in [2.05, 4.69) is 20.5 Å². The van der Waals surface area contributed by atoms with Gasteiger partial charge in [0.1, 0.15) is 0 Å². The molecule has 0 saturated carbocycles. The summed E-state index contributed by atoms with van der Waals surface area (Å²) >= 11 is 7.22. The summed E-state index contributed by atoms with van der Waals surface area (Å²) in [5.41, 5.74) is 1.56. The highest BCUT2D eigenvalue weighted by atomic mass is 35.5. The average Bonchev–Trinajstić information content (AvgIpc) is 3.56. The Morgan fingerprint density at radius 1 is 1.11 bits per heavy atom. The quantitative estimate of drug-likeness (QED) is 0.291. The highest BCUT2D eigenvalue weighted by Crippen LogP contribution is 2.33. The number of aryl methyl sites for hydroxylation is 1. The lowest BCUT2D eigenvalue weighted by atomic mass is 10.2. The lowest BCUT2D eigenvalue weighted by Gasteiger charge is -2.10. The zero-order valence-corrected chi connectivity index (χ0v) is 20.5. The molecule has 1 N–H and O–H groups in total. The monoisotopic (exact) mass is 530 g/mol. The number of hydrogen-bond donors (Lipinski definition) is 1. The molecule has 5 aromatic rings. The lowest BCUT2D eigenvalue weighted by Crippen LogP contribution is -2.16. The number of benzene rings is 1. The molecule has 0 radical (unpaired) electrons. The van der Waals surface area contributed by atoms with Gasteiger partial charge in [0.05, 0.1) is 34.2 Å². The normalized spacial score (nSPS) is 11.8. The number of nitrogens with zero attached hydrogens (tertiary/aromatic N) is 5. The molecule has 1 aromatic carbocycles. The minimum absolute atomic E-state index is 0.0785. The lowest BCUT2D eigenvalue weighted by molar-refractivity contribution is -0.142. The van der Waals surface area contributed by atoms with Crippen LogP contribution >= 0.6 is 22.9 Å². The highest BCUT2D eigenvalue weighted by molar-refractivity contribution is 7.13. The van der Waals surface area contributed by atoms with E-state index in [1.807, 2.05) is 12.1 Å². The Morgan fingerprint density at radius 3 is 2.53 bits per heavy atom. The molecule has 0 bridgehead atoms. The van der Waals surface area contributed by atoms with E-state index in [1.54, 1.807) is 48.2 Å². The first-order chi connectivity index (χ1) is 17.1. The summed E-state index contributed by atoms with van der Waals surface area (Å²) in [6.07, 6.45) is -4.69. The van der Waals surface area contributed by atoms with E-state index in [1.165, 1.54) is 17.4 Å². The molecule has 5 rings (SSSR count). The van der Waals surface area contributed by atoms with Crippen LogP contribution in [0.1, 0.15) is 33.1 Å². The van der Waals surface area contributed by atoms with Crippen LogP contribution in [0.4, 0.5) is 18.9 Å². The number of rotatable bonds is 5. The fourth-order valence-electron chi connectivity index (χ4n) is 3.81. The largest absolute Gasteiger partial charge is 0.433 e. The topological polar surface area (TPSA) is 77.1 Å². The molecular formula is C24H18ClF3N6OS.